The Morgan fingerprint density at radius 3 is 2.60 bits per heavy atom. The van der Waals surface area contributed by atoms with Crippen molar-refractivity contribution in [2.24, 2.45) is 5.92 Å². The number of halogens is 3. The van der Waals surface area contributed by atoms with Gasteiger partial charge in [0.15, 0.2) is 0 Å². The first-order chi connectivity index (χ1) is 11.8. The molecule has 3 aliphatic heterocycles. The van der Waals surface area contributed by atoms with E-state index in [1.54, 1.807) is 4.90 Å². The Kier molecular flexibility index (Phi) is 5.24. The maximum absolute atomic E-state index is 12.6. The van der Waals surface area contributed by atoms with Crippen LogP contribution in [0.3, 0.4) is 0 Å². The van der Waals surface area contributed by atoms with Crippen LogP contribution in [-0.2, 0) is 14.3 Å². The van der Waals surface area contributed by atoms with Gasteiger partial charge in [-0.2, -0.15) is 13.2 Å². The van der Waals surface area contributed by atoms with E-state index in [2.05, 4.69) is 5.32 Å². The average molecular weight is 363 g/mol. The van der Waals surface area contributed by atoms with Crippen molar-refractivity contribution in [2.45, 2.75) is 37.5 Å². The quantitative estimate of drug-likeness (QED) is 0.805. The SMILES string of the molecule is O=C1CC(C(=O)N2CCOC3(CCN(CCC(F)(F)F)CC3)C2)CN1. The first kappa shape index (κ1) is 18.4. The van der Waals surface area contributed by atoms with Crippen LogP contribution in [0, 0.1) is 5.92 Å². The highest BCUT2D eigenvalue weighted by atomic mass is 19.4. The molecule has 0 bridgehead atoms. The summed E-state index contributed by atoms with van der Waals surface area (Å²) in [6.07, 6.45) is -3.46. The summed E-state index contributed by atoms with van der Waals surface area (Å²) in [5, 5.41) is 2.68. The topological polar surface area (TPSA) is 61.9 Å². The molecule has 3 aliphatic rings. The summed E-state index contributed by atoms with van der Waals surface area (Å²) < 4.78 is 43.0. The van der Waals surface area contributed by atoms with E-state index in [-0.39, 0.29) is 30.7 Å². The summed E-state index contributed by atoms with van der Waals surface area (Å²) in [6, 6.07) is 0. The molecule has 1 spiro atoms. The first-order valence-electron chi connectivity index (χ1n) is 8.75. The number of nitrogens with zero attached hydrogens (tertiary/aromatic N) is 2. The molecule has 2 amide bonds. The molecule has 25 heavy (non-hydrogen) atoms. The van der Waals surface area contributed by atoms with Gasteiger partial charge in [0, 0.05) is 45.7 Å². The zero-order valence-electron chi connectivity index (χ0n) is 14.1. The van der Waals surface area contributed by atoms with Gasteiger partial charge in [-0.25, -0.2) is 0 Å². The van der Waals surface area contributed by atoms with E-state index in [0.29, 0.717) is 52.2 Å². The first-order valence-corrected chi connectivity index (χ1v) is 8.75. The normalized spacial score (nSPS) is 27.6. The number of morpholine rings is 1. The third-order valence-electron chi connectivity index (χ3n) is 5.37. The molecule has 0 aliphatic carbocycles. The minimum atomic E-state index is -4.13. The molecule has 1 N–H and O–H groups in total. The van der Waals surface area contributed by atoms with Crippen molar-refractivity contribution in [3.8, 4) is 0 Å². The van der Waals surface area contributed by atoms with Gasteiger partial charge in [0.25, 0.3) is 0 Å². The summed E-state index contributed by atoms with van der Waals surface area (Å²) in [7, 11) is 0. The number of alkyl halides is 3. The molecule has 0 aromatic carbocycles. The second kappa shape index (κ2) is 7.11. The minimum absolute atomic E-state index is 0.0120. The van der Waals surface area contributed by atoms with Crippen molar-refractivity contribution in [2.75, 3.05) is 45.9 Å². The molecular weight excluding hydrogens is 339 g/mol. The molecule has 0 saturated carbocycles. The number of amides is 2. The lowest BCUT2D eigenvalue weighted by molar-refractivity contribution is -0.165. The number of carbonyl (C=O) groups excluding carboxylic acids is 2. The maximum atomic E-state index is 12.6. The molecule has 1 unspecified atom stereocenters. The molecule has 3 fully saturated rings. The number of nitrogens with one attached hydrogen (secondary N) is 1. The van der Waals surface area contributed by atoms with Gasteiger partial charge >= 0.3 is 6.18 Å². The fourth-order valence-electron chi connectivity index (χ4n) is 3.84. The van der Waals surface area contributed by atoms with E-state index < -0.39 is 18.2 Å². The van der Waals surface area contributed by atoms with Crippen LogP contribution in [0.25, 0.3) is 0 Å². The van der Waals surface area contributed by atoms with E-state index in [1.165, 1.54) is 0 Å². The maximum Gasteiger partial charge on any atom is 0.390 e. The highest BCUT2D eigenvalue weighted by Gasteiger charge is 2.43. The summed E-state index contributed by atoms with van der Waals surface area (Å²) in [5.74, 6) is -0.436. The predicted molar refractivity (Wildman–Crippen MR) is 82.7 cm³/mol. The Morgan fingerprint density at radius 2 is 2.00 bits per heavy atom. The van der Waals surface area contributed by atoms with Crippen LogP contribution in [0.4, 0.5) is 13.2 Å². The Morgan fingerprint density at radius 1 is 1.28 bits per heavy atom. The lowest BCUT2D eigenvalue weighted by atomic mass is 9.88. The number of carbonyl (C=O) groups is 2. The predicted octanol–water partition coefficient (Wildman–Crippen LogP) is 0.768. The van der Waals surface area contributed by atoms with Gasteiger partial charge in [-0.15, -0.1) is 0 Å². The number of hydrogen-bond acceptors (Lipinski definition) is 4. The van der Waals surface area contributed by atoms with E-state index in [9.17, 15) is 22.8 Å². The van der Waals surface area contributed by atoms with Crippen LogP contribution >= 0.6 is 0 Å². The van der Waals surface area contributed by atoms with Gasteiger partial charge in [0.2, 0.25) is 11.8 Å². The lowest BCUT2D eigenvalue weighted by Crippen LogP contribution is -2.59. The molecule has 3 rings (SSSR count). The minimum Gasteiger partial charge on any atom is -0.371 e. The molecule has 142 valence electrons. The van der Waals surface area contributed by atoms with E-state index in [1.807, 2.05) is 4.90 Å². The average Bonchev–Trinajstić information content (AvgIpc) is 2.99. The Bertz CT molecular complexity index is 518. The molecule has 0 radical (unpaired) electrons. The smallest absolute Gasteiger partial charge is 0.371 e. The van der Waals surface area contributed by atoms with E-state index in [0.717, 1.165) is 0 Å². The molecule has 9 heteroatoms. The third kappa shape index (κ3) is 4.63. The zero-order valence-corrected chi connectivity index (χ0v) is 14.1. The molecule has 1 atom stereocenters. The van der Waals surface area contributed by atoms with Gasteiger partial charge in [-0.3, -0.25) is 9.59 Å². The third-order valence-corrected chi connectivity index (χ3v) is 5.37. The summed E-state index contributed by atoms with van der Waals surface area (Å²) in [6.45, 7) is 2.88. The largest absolute Gasteiger partial charge is 0.390 e. The van der Waals surface area contributed by atoms with Crippen LogP contribution < -0.4 is 5.32 Å². The van der Waals surface area contributed by atoms with Crippen molar-refractivity contribution >= 4 is 11.8 Å². The van der Waals surface area contributed by atoms with Gasteiger partial charge in [0.05, 0.1) is 24.5 Å². The van der Waals surface area contributed by atoms with Crippen LogP contribution in [0.15, 0.2) is 0 Å². The van der Waals surface area contributed by atoms with Gasteiger partial charge in [0.1, 0.15) is 0 Å². The number of likely N-dealkylation sites (tertiary alicyclic amines) is 1. The Balaban J connectivity index is 1.51. The van der Waals surface area contributed by atoms with Crippen molar-refractivity contribution in [1.29, 1.82) is 0 Å². The number of rotatable bonds is 3. The molecular formula is C16H24F3N3O3. The van der Waals surface area contributed by atoms with Crippen LogP contribution in [0.2, 0.25) is 0 Å². The number of hydrogen-bond donors (Lipinski definition) is 1. The van der Waals surface area contributed by atoms with Crippen molar-refractivity contribution in [3.63, 3.8) is 0 Å². The van der Waals surface area contributed by atoms with Gasteiger partial charge < -0.3 is 19.9 Å². The Labute approximate surface area is 144 Å². The molecule has 0 aromatic rings. The Hall–Kier alpha value is -1.35. The second-order valence-corrected chi connectivity index (χ2v) is 7.20. The fraction of sp³-hybridized carbons (Fsp3) is 0.875. The molecule has 3 heterocycles. The van der Waals surface area contributed by atoms with Crippen LogP contribution in [-0.4, -0.2) is 79.3 Å². The highest BCUT2D eigenvalue weighted by molar-refractivity contribution is 5.89. The number of ether oxygens (including phenoxy) is 1. The fourth-order valence-corrected chi connectivity index (χ4v) is 3.84. The summed E-state index contributed by atoms with van der Waals surface area (Å²) in [5.41, 5.74) is -0.460. The number of piperidine rings is 1. The lowest BCUT2D eigenvalue weighted by Gasteiger charge is -2.47. The van der Waals surface area contributed by atoms with Crippen molar-refractivity contribution in [1.82, 2.24) is 15.1 Å². The molecule has 6 nitrogen and oxygen atoms in total. The van der Waals surface area contributed by atoms with Gasteiger partial charge in [-0.1, -0.05) is 0 Å². The van der Waals surface area contributed by atoms with Gasteiger partial charge in [-0.05, 0) is 12.8 Å². The van der Waals surface area contributed by atoms with E-state index >= 15 is 0 Å². The monoisotopic (exact) mass is 363 g/mol. The van der Waals surface area contributed by atoms with Crippen molar-refractivity contribution in [3.05, 3.63) is 0 Å². The van der Waals surface area contributed by atoms with E-state index in [4.69, 9.17) is 4.74 Å². The second-order valence-electron chi connectivity index (χ2n) is 7.20. The van der Waals surface area contributed by atoms with Crippen LogP contribution in [0.1, 0.15) is 25.7 Å². The zero-order chi connectivity index (χ0) is 18.1. The molecule has 0 aromatic heterocycles. The van der Waals surface area contributed by atoms with Crippen molar-refractivity contribution < 1.29 is 27.5 Å². The summed E-state index contributed by atoms with van der Waals surface area (Å²) in [4.78, 5) is 27.5. The highest BCUT2D eigenvalue weighted by Crippen LogP contribution is 2.32. The van der Waals surface area contributed by atoms with Crippen LogP contribution in [0.5, 0.6) is 0 Å². The summed E-state index contributed by atoms with van der Waals surface area (Å²) >= 11 is 0. The standard InChI is InChI=1S/C16H24F3N3O3/c17-16(18,19)3-6-21-4-1-15(2-5-21)11-22(7-8-25-15)14(24)12-9-13(23)20-10-12/h12H,1-11H2,(H,20,23). The molecule has 3 saturated heterocycles.